The fraction of sp³-hybridized carbons (Fsp3) is 0.250. The predicted octanol–water partition coefficient (Wildman–Crippen LogP) is 1.12. The van der Waals surface area contributed by atoms with E-state index in [1.54, 1.807) is 10.7 Å². The minimum atomic E-state index is 0.656. The smallest absolute Gasteiger partial charge is 0.243 e. The molecule has 3 aromatic heterocycles. The Balaban J connectivity index is 1.65. The second-order valence-corrected chi connectivity index (χ2v) is 4.06. The number of nitrogens with one attached hydrogen (secondary N) is 1. The first-order valence-corrected chi connectivity index (χ1v) is 5.85. The molecule has 0 aliphatic carbocycles. The van der Waals surface area contributed by atoms with Crippen LogP contribution in [0.4, 0.5) is 5.95 Å². The van der Waals surface area contributed by atoms with Gasteiger partial charge in [-0.1, -0.05) is 6.07 Å². The van der Waals surface area contributed by atoms with E-state index in [1.165, 1.54) is 5.69 Å². The van der Waals surface area contributed by atoms with Crippen LogP contribution < -0.4 is 5.32 Å². The van der Waals surface area contributed by atoms with Crippen LogP contribution in [0.1, 0.15) is 5.69 Å². The van der Waals surface area contributed by atoms with Gasteiger partial charge < -0.3 is 5.32 Å². The van der Waals surface area contributed by atoms with Gasteiger partial charge in [-0.3, -0.25) is 4.68 Å². The lowest BCUT2D eigenvalue weighted by Gasteiger charge is -2.02. The molecule has 0 atom stereocenters. The van der Waals surface area contributed by atoms with Gasteiger partial charge in [0.05, 0.1) is 0 Å². The van der Waals surface area contributed by atoms with Crippen molar-refractivity contribution < 1.29 is 0 Å². The quantitative estimate of drug-likeness (QED) is 0.744. The van der Waals surface area contributed by atoms with Gasteiger partial charge in [-0.15, -0.1) is 5.10 Å². The van der Waals surface area contributed by atoms with Crippen molar-refractivity contribution >= 4 is 11.6 Å². The van der Waals surface area contributed by atoms with Gasteiger partial charge in [-0.2, -0.15) is 10.1 Å². The Morgan fingerprint density at radius 2 is 2.22 bits per heavy atom. The van der Waals surface area contributed by atoms with Gasteiger partial charge >= 0.3 is 0 Å². The molecule has 0 amide bonds. The number of anilines is 1. The second-order valence-electron chi connectivity index (χ2n) is 4.06. The number of hydrogen-bond acceptors (Lipinski definition) is 4. The summed E-state index contributed by atoms with van der Waals surface area (Å²) in [6.45, 7) is 0.788. The van der Waals surface area contributed by atoms with Crippen molar-refractivity contribution in [3.8, 4) is 0 Å². The van der Waals surface area contributed by atoms with Crippen LogP contribution in [0.2, 0.25) is 0 Å². The van der Waals surface area contributed by atoms with Crippen molar-refractivity contribution in [3.63, 3.8) is 0 Å². The van der Waals surface area contributed by atoms with Gasteiger partial charge in [0, 0.05) is 38.1 Å². The number of hydrogen-bond donors (Lipinski definition) is 1. The lowest BCUT2D eigenvalue weighted by molar-refractivity contribution is 0.710. The number of nitrogens with zero attached hydrogens (tertiary/aromatic N) is 5. The minimum absolute atomic E-state index is 0.656. The SMILES string of the molecule is Cn1nccc1CCNc1nc2ccccn2n1. The molecule has 3 heterocycles. The standard InChI is InChI=1S/C12H14N6/c1-17-10(6-8-14-17)5-7-13-12-15-11-4-2-3-9-18(11)16-12/h2-4,6,8-9H,5,7H2,1H3,(H,13,16). The molecular formula is C12H14N6. The van der Waals surface area contributed by atoms with Crippen LogP contribution in [-0.4, -0.2) is 30.9 Å². The number of aromatic nitrogens is 5. The van der Waals surface area contributed by atoms with Crippen LogP contribution in [-0.2, 0) is 13.5 Å². The first-order chi connectivity index (χ1) is 8.83. The van der Waals surface area contributed by atoms with Gasteiger partial charge in [-0.25, -0.2) is 4.52 Å². The molecule has 0 spiro atoms. The number of fused-ring (bicyclic) bond motifs is 1. The summed E-state index contributed by atoms with van der Waals surface area (Å²) in [5.41, 5.74) is 2.03. The van der Waals surface area contributed by atoms with Crippen LogP contribution in [0, 0.1) is 0 Å². The van der Waals surface area contributed by atoms with Gasteiger partial charge in [-0.05, 0) is 18.2 Å². The Morgan fingerprint density at radius 1 is 1.28 bits per heavy atom. The first kappa shape index (κ1) is 10.8. The average Bonchev–Trinajstić information content (AvgIpc) is 2.96. The highest BCUT2D eigenvalue weighted by molar-refractivity contribution is 5.42. The molecule has 6 nitrogen and oxygen atoms in total. The zero-order valence-corrected chi connectivity index (χ0v) is 10.1. The number of aryl methyl sites for hydroxylation is 1. The molecule has 0 aliphatic rings. The Labute approximate surface area is 104 Å². The molecule has 92 valence electrons. The van der Waals surface area contributed by atoms with Crippen molar-refractivity contribution in [1.82, 2.24) is 24.4 Å². The lowest BCUT2D eigenvalue weighted by atomic mass is 10.3. The highest BCUT2D eigenvalue weighted by Crippen LogP contribution is 2.05. The third-order valence-corrected chi connectivity index (χ3v) is 2.83. The summed E-state index contributed by atoms with van der Waals surface area (Å²) >= 11 is 0. The van der Waals surface area contributed by atoms with Crippen molar-refractivity contribution in [1.29, 1.82) is 0 Å². The second kappa shape index (κ2) is 4.48. The van der Waals surface area contributed by atoms with E-state index in [1.807, 2.05) is 42.2 Å². The Hall–Kier alpha value is -2.37. The van der Waals surface area contributed by atoms with Gasteiger partial charge in [0.25, 0.3) is 0 Å². The summed E-state index contributed by atoms with van der Waals surface area (Å²) in [7, 11) is 1.94. The first-order valence-electron chi connectivity index (χ1n) is 5.85. The molecule has 3 aromatic rings. The zero-order chi connectivity index (χ0) is 12.4. The Bertz CT molecular complexity index is 620. The summed E-state index contributed by atoms with van der Waals surface area (Å²) in [4.78, 5) is 4.37. The van der Waals surface area contributed by atoms with E-state index in [0.717, 1.165) is 18.6 Å². The van der Waals surface area contributed by atoms with Crippen LogP contribution in [0.15, 0.2) is 36.7 Å². The molecule has 0 aromatic carbocycles. The fourth-order valence-electron chi connectivity index (χ4n) is 1.86. The van der Waals surface area contributed by atoms with Crippen LogP contribution in [0.5, 0.6) is 0 Å². The molecular weight excluding hydrogens is 228 g/mol. The van der Waals surface area contributed by atoms with Gasteiger partial charge in [0.15, 0.2) is 5.65 Å². The normalized spacial score (nSPS) is 10.9. The van der Waals surface area contributed by atoms with E-state index in [0.29, 0.717) is 5.95 Å². The molecule has 3 rings (SSSR count). The van der Waals surface area contributed by atoms with Crippen LogP contribution in [0.3, 0.4) is 0 Å². The minimum Gasteiger partial charge on any atom is -0.353 e. The maximum atomic E-state index is 4.37. The Morgan fingerprint density at radius 3 is 3.00 bits per heavy atom. The number of rotatable bonds is 4. The third kappa shape index (κ3) is 2.04. The average molecular weight is 242 g/mol. The fourth-order valence-corrected chi connectivity index (χ4v) is 1.86. The van der Waals surface area contributed by atoms with Crippen molar-refractivity contribution in [3.05, 3.63) is 42.4 Å². The molecule has 0 fully saturated rings. The van der Waals surface area contributed by atoms with E-state index in [4.69, 9.17) is 0 Å². The van der Waals surface area contributed by atoms with Gasteiger partial charge in [0.1, 0.15) is 0 Å². The summed E-state index contributed by atoms with van der Waals surface area (Å²) in [5, 5.41) is 11.7. The molecule has 1 N–H and O–H groups in total. The van der Waals surface area contributed by atoms with Crippen molar-refractivity contribution in [2.45, 2.75) is 6.42 Å². The lowest BCUT2D eigenvalue weighted by Crippen LogP contribution is -2.09. The summed E-state index contributed by atoms with van der Waals surface area (Å²) < 4.78 is 3.63. The van der Waals surface area contributed by atoms with Crippen LogP contribution in [0.25, 0.3) is 5.65 Å². The molecule has 0 aliphatic heterocycles. The monoisotopic (exact) mass is 242 g/mol. The molecule has 18 heavy (non-hydrogen) atoms. The number of pyridine rings is 1. The molecule has 0 bridgehead atoms. The largest absolute Gasteiger partial charge is 0.353 e. The van der Waals surface area contributed by atoms with E-state index in [9.17, 15) is 0 Å². The van der Waals surface area contributed by atoms with E-state index >= 15 is 0 Å². The van der Waals surface area contributed by atoms with E-state index in [-0.39, 0.29) is 0 Å². The third-order valence-electron chi connectivity index (χ3n) is 2.83. The molecule has 0 saturated carbocycles. The molecule has 6 heteroatoms. The van der Waals surface area contributed by atoms with Crippen molar-refractivity contribution in [2.24, 2.45) is 7.05 Å². The molecule has 0 unspecified atom stereocenters. The maximum absolute atomic E-state index is 4.37. The zero-order valence-electron chi connectivity index (χ0n) is 10.1. The van der Waals surface area contributed by atoms with E-state index in [2.05, 4.69) is 20.5 Å². The Kier molecular flexibility index (Phi) is 2.68. The topological polar surface area (TPSA) is 60.0 Å². The molecule has 0 radical (unpaired) electrons. The van der Waals surface area contributed by atoms with E-state index < -0.39 is 0 Å². The summed E-state index contributed by atoms with van der Waals surface area (Å²) in [5.74, 6) is 0.656. The van der Waals surface area contributed by atoms with Crippen molar-refractivity contribution in [2.75, 3.05) is 11.9 Å². The predicted molar refractivity (Wildman–Crippen MR) is 68.4 cm³/mol. The maximum Gasteiger partial charge on any atom is 0.243 e. The summed E-state index contributed by atoms with van der Waals surface area (Å²) in [6, 6.07) is 7.82. The highest BCUT2D eigenvalue weighted by atomic mass is 15.3. The molecule has 0 saturated heterocycles. The van der Waals surface area contributed by atoms with Crippen LogP contribution >= 0.6 is 0 Å². The summed E-state index contributed by atoms with van der Waals surface area (Å²) in [6.07, 6.45) is 4.58. The van der Waals surface area contributed by atoms with Gasteiger partial charge in [0.2, 0.25) is 5.95 Å². The highest BCUT2D eigenvalue weighted by Gasteiger charge is 2.02.